The maximum Gasteiger partial charge on any atom is 0.267 e. The van der Waals surface area contributed by atoms with E-state index in [1.54, 1.807) is 6.92 Å². The zero-order valence-electron chi connectivity index (χ0n) is 7.12. The third kappa shape index (κ3) is 6.33. The number of hydrogen-bond donors (Lipinski definition) is 1. The second-order valence-corrected chi connectivity index (χ2v) is 4.32. The predicted octanol–water partition coefficient (Wildman–Crippen LogP) is 0.291. The zero-order chi connectivity index (χ0) is 9.61. The summed E-state index contributed by atoms with van der Waals surface area (Å²) in [5.41, 5.74) is 0.655. The van der Waals surface area contributed by atoms with Crippen molar-refractivity contribution < 1.29 is 17.7 Å². The first-order valence-electron chi connectivity index (χ1n) is 3.60. The summed E-state index contributed by atoms with van der Waals surface area (Å²) >= 11 is 0. The largest absolute Gasteiger partial charge is 0.396 e. The zero-order valence-corrected chi connectivity index (χ0v) is 7.93. The predicted molar refractivity (Wildman–Crippen MR) is 46.3 cm³/mol. The Balaban J connectivity index is 3.80. The lowest BCUT2D eigenvalue weighted by atomic mass is 10.4. The Morgan fingerprint density at radius 2 is 2.17 bits per heavy atom. The fourth-order valence-electron chi connectivity index (χ4n) is 0.491. The number of rotatable bonds is 6. The Bertz CT molecular complexity index is 230. The molecule has 12 heavy (non-hydrogen) atoms. The quantitative estimate of drug-likeness (QED) is 0.487. The molecule has 0 aliphatic heterocycles. The molecule has 0 saturated carbocycles. The van der Waals surface area contributed by atoms with Crippen LogP contribution in [-0.4, -0.2) is 32.5 Å². The monoisotopic (exact) mass is 194 g/mol. The topological polar surface area (TPSA) is 63.6 Å². The van der Waals surface area contributed by atoms with Gasteiger partial charge in [0.25, 0.3) is 10.1 Å². The average molecular weight is 194 g/mol. The maximum absolute atomic E-state index is 10.9. The molecule has 72 valence electrons. The van der Waals surface area contributed by atoms with Gasteiger partial charge >= 0.3 is 0 Å². The van der Waals surface area contributed by atoms with E-state index in [1.165, 1.54) is 0 Å². The number of aliphatic hydroxyl groups excluding tert-OH is 1. The van der Waals surface area contributed by atoms with Crippen LogP contribution in [0.4, 0.5) is 0 Å². The van der Waals surface area contributed by atoms with Crippen molar-refractivity contribution in [2.45, 2.75) is 13.3 Å². The lowest BCUT2D eigenvalue weighted by Gasteiger charge is -2.03. The first-order valence-corrected chi connectivity index (χ1v) is 5.18. The van der Waals surface area contributed by atoms with Gasteiger partial charge in [-0.25, -0.2) is 0 Å². The van der Waals surface area contributed by atoms with Crippen LogP contribution in [0.1, 0.15) is 13.3 Å². The average Bonchev–Trinajstić information content (AvgIpc) is 1.98. The van der Waals surface area contributed by atoms with E-state index < -0.39 is 10.1 Å². The summed E-state index contributed by atoms with van der Waals surface area (Å²) in [5, 5.41) is 8.37. The maximum atomic E-state index is 10.9. The van der Waals surface area contributed by atoms with Crippen molar-refractivity contribution in [3.63, 3.8) is 0 Å². The Hall–Kier alpha value is -0.390. The van der Waals surface area contributed by atoms with E-state index in [-0.39, 0.29) is 25.4 Å². The Morgan fingerprint density at radius 3 is 2.58 bits per heavy atom. The highest BCUT2D eigenvalue weighted by molar-refractivity contribution is 7.86. The van der Waals surface area contributed by atoms with Crippen molar-refractivity contribution in [1.82, 2.24) is 0 Å². The highest BCUT2D eigenvalue weighted by atomic mass is 32.2. The molecule has 0 bridgehead atoms. The van der Waals surface area contributed by atoms with Gasteiger partial charge in [0.15, 0.2) is 0 Å². The molecule has 0 fully saturated rings. The Morgan fingerprint density at radius 1 is 1.58 bits per heavy atom. The van der Waals surface area contributed by atoms with Crippen molar-refractivity contribution in [1.29, 1.82) is 0 Å². The molecule has 1 N–H and O–H groups in total. The summed E-state index contributed by atoms with van der Waals surface area (Å²) in [4.78, 5) is 0. The molecular formula is C7H14O4S. The van der Waals surface area contributed by atoms with Gasteiger partial charge in [0.2, 0.25) is 0 Å². The summed E-state index contributed by atoms with van der Waals surface area (Å²) in [6.07, 6.45) is 0.207. The molecule has 0 rings (SSSR count). The highest BCUT2D eigenvalue weighted by Gasteiger charge is 2.09. The SMILES string of the molecule is C=C(C)COS(=O)(=O)CCCO. The number of aliphatic hydroxyl groups is 1. The summed E-state index contributed by atoms with van der Waals surface area (Å²) < 4.78 is 26.4. The van der Waals surface area contributed by atoms with Crippen LogP contribution in [0.5, 0.6) is 0 Å². The molecule has 5 heteroatoms. The smallest absolute Gasteiger partial charge is 0.267 e. The van der Waals surface area contributed by atoms with Crippen LogP contribution in [0, 0.1) is 0 Å². The molecule has 0 aromatic rings. The molecule has 0 saturated heterocycles. The molecule has 0 spiro atoms. The fourth-order valence-corrected chi connectivity index (χ4v) is 1.47. The van der Waals surface area contributed by atoms with Crippen molar-refractivity contribution in [3.05, 3.63) is 12.2 Å². The summed E-state index contributed by atoms with van der Waals surface area (Å²) in [7, 11) is -3.46. The van der Waals surface area contributed by atoms with E-state index in [4.69, 9.17) is 5.11 Å². The molecular weight excluding hydrogens is 180 g/mol. The second kappa shape index (κ2) is 5.29. The molecule has 0 unspecified atom stereocenters. The van der Waals surface area contributed by atoms with Gasteiger partial charge in [-0.2, -0.15) is 8.42 Å². The van der Waals surface area contributed by atoms with Gasteiger partial charge in [-0.05, 0) is 13.3 Å². The lowest BCUT2D eigenvalue weighted by molar-refractivity contribution is 0.290. The van der Waals surface area contributed by atoms with E-state index in [9.17, 15) is 8.42 Å². The standard InChI is InChI=1S/C7H14O4S/c1-7(2)6-11-12(9,10)5-3-4-8/h8H,1,3-6H2,2H3. The molecule has 0 aliphatic rings. The molecule has 0 aromatic carbocycles. The van der Waals surface area contributed by atoms with Gasteiger partial charge in [0, 0.05) is 6.61 Å². The molecule has 0 aromatic heterocycles. The molecule has 0 amide bonds. The van der Waals surface area contributed by atoms with Crippen molar-refractivity contribution in [3.8, 4) is 0 Å². The lowest BCUT2D eigenvalue weighted by Crippen LogP contribution is -2.12. The van der Waals surface area contributed by atoms with Crippen molar-refractivity contribution in [2.24, 2.45) is 0 Å². The van der Waals surface area contributed by atoms with E-state index in [2.05, 4.69) is 10.8 Å². The highest BCUT2D eigenvalue weighted by Crippen LogP contribution is 1.99. The van der Waals surface area contributed by atoms with Crippen LogP contribution < -0.4 is 0 Å². The van der Waals surface area contributed by atoms with E-state index in [1.807, 2.05) is 0 Å². The Kier molecular flexibility index (Phi) is 5.12. The fraction of sp³-hybridized carbons (Fsp3) is 0.714. The van der Waals surface area contributed by atoms with E-state index >= 15 is 0 Å². The first kappa shape index (κ1) is 11.6. The molecule has 4 nitrogen and oxygen atoms in total. The van der Waals surface area contributed by atoms with Crippen LogP contribution in [-0.2, 0) is 14.3 Å². The van der Waals surface area contributed by atoms with E-state index in [0.29, 0.717) is 5.57 Å². The van der Waals surface area contributed by atoms with Gasteiger partial charge in [0.1, 0.15) is 0 Å². The molecule has 0 radical (unpaired) electrons. The van der Waals surface area contributed by atoms with Gasteiger partial charge in [-0.1, -0.05) is 12.2 Å². The van der Waals surface area contributed by atoms with Gasteiger partial charge in [0.05, 0.1) is 12.4 Å². The number of hydrogen-bond acceptors (Lipinski definition) is 4. The van der Waals surface area contributed by atoms with E-state index in [0.717, 1.165) is 0 Å². The summed E-state index contributed by atoms with van der Waals surface area (Å²) in [5.74, 6) is -0.142. The van der Waals surface area contributed by atoms with Crippen LogP contribution in [0.15, 0.2) is 12.2 Å². The van der Waals surface area contributed by atoms with Crippen LogP contribution in [0.2, 0.25) is 0 Å². The minimum atomic E-state index is -3.46. The van der Waals surface area contributed by atoms with Gasteiger partial charge in [-0.3, -0.25) is 4.18 Å². The van der Waals surface area contributed by atoms with Crippen LogP contribution in [0.3, 0.4) is 0 Å². The summed E-state index contributed by atoms with van der Waals surface area (Å²) in [6.45, 7) is 5.06. The summed E-state index contributed by atoms with van der Waals surface area (Å²) in [6, 6.07) is 0. The van der Waals surface area contributed by atoms with Gasteiger partial charge in [-0.15, -0.1) is 0 Å². The van der Waals surface area contributed by atoms with Gasteiger partial charge < -0.3 is 5.11 Å². The second-order valence-electron chi connectivity index (χ2n) is 2.56. The van der Waals surface area contributed by atoms with Crippen molar-refractivity contribution in [2.75, 3.05) is 19.0 Å². The molecule has 0 atom stereocenters. The van der Waals surface area contributed by atoms with Crippen molar-refractivity contribution >= 4 is 10.1 Å². The third-order valence-corrected chi connectivity index (χ3v) is 2.30. The molecule has 0 aliphatic carbocycles. The minimum absolute atomic E-state index is 0.0216. The normalized spacial score (nSPS) is 11.5. The van der Waals surface area contributed by atoms with Crippen LogP contribution >= 0.6 is 0 Å². The third-order valence-electron chi connectivity index (χ3n) is 1.04. The van der Waals surface area contributed by atoms with Crippen LogP contribution in [0.25, 0.3) is 0 Å². The first-order chi connectivity index (χ1) is 5.48. The molecule has 0 heterocycles. The Labute approximate surface area is 73.0 Å². The minimum Gasteiger partial charge on any atom is -0.396 e.